The maximum Gasteiger partial charge on any atom is 0.246 e. The van der Waals surface area contributed by atoms with Crippen molar-refractivity contribution in [3.63, 3.8) is 0 Å². The van der Waals surface area contributed by atoms with Crippen LogP contribution in [0.3, 0.4) is 0 Å². The average Bonchev–Trinajstić information content (AvgIpc) is 2.52. The van der Waals surface area contributed by atoms with Crippen molar-refractivity contribution in [2.24, 2.45) is 7.05 Å². The quantitative estimate of drug-likeness (QED) is 0.639. The summed E-state index contributed by atoms with van der Waals surface area (Å²) in [6, 6.07) is 1.77. The average molecular weight is 214 g/mol. The van der Waals surface area contributed by atoms with Gasteiger partial charge in [0, 0.05) is 20.3 Å². The van der Waals surface area contributed by atoms with Gasteiger partial charge in [-0.15, -0.1) is 0 Å². The van der Waals surface area contributed by atoms with Gasteiger partial charge < -0.3 is 0 Å². The van der Waals surface area contributed by atoms with E-state index in [1.165, 1.54) is 24.1 Å². The van der Waals surface area contributed by atoms with Gasteiger partial charge in [-0.1, -0.05) is 0 Å². The van der Waals surface area contributed by atoms with Crippen LogP contribution in [-0.2, 0) is 17.1 Å². The Hall–Kier alpha value is -1.39. The van der Waals surface area contributed by atoms with Gasteiger partial charge in [0.2, 0.25) is 10.0 Å². The Morgan fingerprint density at radius 3 is 2.79 bits per heavy atom. The molecule has 7 heteroatoms. The molecule has 1 rings (SSSR count). The Morgan fingerprint density at radius 2 is 2.36 bits per heavy atom. The standard InChI is InChI=1S/C7H10N4O2S/c1-10-6-7(5-9-10)14(12,13)11(2)4-3-8/h5-6H,4H2,1-2H3. The molecule has 0 amide bonds. The summed E-state index contributed by atoms with van der Waals surface area (Å²) in [5, 5.41) is 12.1. The molecule has 0 atom stereocenters. The smallest absolute Gasteiger partial charge is 0.246 e. The number of hydrogen-bond acceptors (Lipinski definition) is 4. The van der Waals surface area contributed by atoms with E-state index in [0.29, 0.717) is 0 Å². The van der Waals surface area contributed by atoms with Crippen LogP contribution in [0, 0.1) is 11.3 Å². The molecular weight excluding hydrogens is 204 g/mol. The Labute approximate surface area is 82.4 Å². The van der Waals surface area contributed by atoms with Crippen LogP contribution in [0.5, 0.6) is 0 Å². The zero-order valence-corrected chi connectivity index (χ0v) is 8.69. The van der Waals surface area contributed by atoms with Gasteiger partial charge in [-0.25, -0.2) is 8.42 Å². The minimum absolute atomic E-state index is 0.0951. The molecule has 0 aliphatic carbocycles. The molecule has 14 heavy (non-hydrogen) atoms. The lowest BCUT2D eigenvalue weighted by molar-refractivity contribution is 0.501. The Kier molecular flexibility index (Phi) is 2.88. The van der Waals surface area contributed by atoms with Gasteiger partial charge in [0.05, 0.1) is 12.3 Å². The van der Waals surface area contributed by atoms with E-state index in [9.17, 15) is 8.42 Å². The van der Waals surface area contributed by atoms with Gasteiger partial charge in [-0.2, -0.15) is 14.7 Å². The van der Waals surface area contributed by atoms with E-state index in [-0.39, 0.29) is 11.4 Å². The molecular formula is C7H10N4O2S. The number of rotatable bonds is 3. The molecule has 0 bridgehead atoms. The molecule has 0 radical (unpaired) electrons. The lowest BCUT2D eigenvalue weighted by Gasteiger charge is -2.10. The van der Waals surface area contributed by atoms with Gasteiger partial charge in [0.25, 0.3) is 0 Å². The molecule has 1 aromatic rings. The second kappa shape index (κ2) is 3.77. The highest BCUT2D eigenvalue weighted by molar-refractivity contribution is 7.89. The Balaban J connectivity index is 3.03. The van der Waals surface area contributed by atoms with E-state index < -0.39 is 10.0 Å². The van der Waals surface area contributed by atoms with E-state index >= 15 is 0 Å². The first kappa shape index (κ1) is 10.7. The van der Waals surface area contributed by atoms with Gasteiger partial charge >= 0.3 is 0 Å². The molecule has 0 N–H and O–H groups in total. The third-order valence-electron chi connectivity index (χ3n) is 1.68. The van der Waals surface area contributed by atoms with Crippen molar-refractivity contribution in [1.29, 1.82) is 5.26 Å². The molecule has 0 aliphatic heterocycles. The topological polar surface area (TPSA) is 79.0 Å². The second-order valence-electron chi connectivity index (χ2n) is 2.77. The van der Waals surface area contributed by atoms with Crippen molar-refractivity contribution >= 4 is 10.0 Å². The van der Waals surface area contributed by atoms with E-state index in [2.05, 4.69) is 5.10 Å². The van der Waals surface area contributed by atoms with Crippen LogP contribution in [0.15, 0.2) is 17.3 Å². The summed E-state index contributed by atoms with van der Waals surface area (Å²) >= 11 is 0. The summed E-state index contributed by atoms with van der Waals surface area (Å²) in [7, 11) is -0.572. The van der Waals surface area contributed by atoms with E-state index in [0.717, 1.165) is 4.31 Å². The first-order valence-corrected chi connectivity index (χ1v) is 5.24. The number of sulfonamides is 1. The maximum absolute atomic E-state index is 11.7. The van der Waals surface area contributed by atoms with Crippen molar-refractivity contribution in [3.05, 3.63) is 12.4 Å². The zero-order valence-electron chi connectivity index (χ0n) is 7.88. The molecule has 1 aromatic heterocycles. The van der Waals surface area contributed by atoms with Crippen LogP contribution in [0.25, 0.3) is 0 Å². The second-order valence-corrected chi connectivity index (χ2v) is 4.81. The minimum atomic E-state index is -3.55. The van der Waals surface area contributed by atoms with E-state index in [1.54, 1.807) is 13.1 Å². The molecule has 0 spiro atoms. The third kappa shape index (κ3) is 1.92. The van der Waals surface area contributed by atoms with Crippen molar-refractivity contribution in [3.8, 4) is 6.07 Å². The molecule has 76 valence electrons. The molecule has 0 saturated carbocycles. The highest BCUT2D eigenvalue weighted by Crippen LogP contribution is 2.11. The van der Waals surface area contributed by atoms with Crippen molar-refractivity contribution < 1.29 is 8.42 Å². The summed E-state index contributed by atoms with van der Waals surface area (Å²) < 4.78 is 25.7. The third-order valence-corrected chi connectivity index (χ3v) is 3.44. The SMILES string of the molecule is CN(CC#N)S(=O)(=O)c1cnn(C)c1. The van der Waals surface area contributed by atoms with Gasteiger partial charge in [0.1, 0.15) is 11.4 Å². The summed E-state index contributed by atoms with van der Waals surface area (Å²) in [5.41, 5.74) is 0. The predicted octanol–water partition coefficient (Wildman–Crippen LogP) is -0.436. The Morgan fingerprint density at radius 1 is 1.71 bits per heavy atom. The van der Waals surface area contributed by atoms with Crippen LogP contribution in [0.1, 0.15) is 0 Å². The summed E-state index contributed by atoms with van der Waals surface area (Å²) in [5.74, 6) is 0. The number of aryl methyl sites for hydroxylation is 1. The van der Waals surface area contributed by atoms with Crippen molar-refractivity contribution in [2.75, 3.05) is 13.6 Å². The fourth-order valence-electron chi connectivity index (χ4n) is 0.896. The summed E-state index contributed by atoms with van der Waals surface area (Å²) in [4.78, 5) is 0.0951. The Bertz CT molecular complexity index is 456. The number of aromatic nitrogens is 2. The van der Waals surface area contributed by atoms with Crippen LogP contribution in [0.4, 0.5) is 0 Å². The highest BCUT2D eigenvalue weighted by Gasteiger charge is 2.21. The molecule has 1 heterocycles. The molecule has 0 aromatic carbocycles. The van der Waals surface area contributed by atoms with Crippen LogP contribution < -0.4 is 0 Å². The number of hydrogen-bond donors (Lipinski definition) is 0. The molecule has 0 unspecified atom stereocenters. The lowest BCUT2D eigenvalue weighted by atomic mass is 10.7. The molecule has 0 aliphatic rings. The van der Waals surface area contributed by atoms with E-state index in [1.807, 2.05) is 0 Å². The number of nitrogens with zero attached hydrogens (tertiary/aromatic N) is 4. The van der Waals surface area contributed by atoms with Crippen molar-refractivity contribution in [1.82, 2.24) is 14.1 Å². The molecule has 6 nitrogen and oxygen atoms in total. The summed E-state index contributed by atoms with van der Waals surface area (Å²) in [6.45, 7) is -0.169. The normalized spacial score (nSPS) is 11.6. The first-order chi connectivity index (χ1) is 6.48. The minimum Gasteiger partial charge on any atom is -0.274 e. The largest absolute Gasteiger partial charge is 0.274 e. The van der Waals surface area contributed by atoms with Crippen molar-refractivity contribution in [2.45, 2.75) is 4.90 Å². The maximum atomic E-state index is 11.7. The zero-order chi connectivity index (χ0) is 10.8. The van der Waals surface area contributed by atoms with Crippen LogP contribution in [0.2, 0.25) is 0 Å². The lowest BCUT2D eigenvalue weighted by Crippen LogP contribution is -2.26. The molecule has 0 fully saturated rings. The fourth-order valence-corrected chi connectivity index (χ4v) is 1.95. The first-order valence-electron chi connectivity index (χ1n) is 3.80. The van der Waals surface area contributed by atoms with Gasteiger partial charge in [-0.3, -0.25) is 4.68 Å². The van der Waals surface area contributed by atoms with Crippen LogP contribution in [-0.4, -0.2) is 36.1 Å². The molecule has 0 saturated heterocycles. The predicted molar refractivity (Wildman–Crippen MR) is 48.6 cm³/mol. The summed E-state index contributed by atoms with van der Waals surface area (Å²) in [6.07, 6.45) is 2.65. The monoisotopic (exact) mass is 214 g/mol. The van der Waals surface area contributed by atoms with Crippen LogP contribution >= 0.6 is 0 Å². The van der Waals surface area contributed by atoms with Gasteiger partial charge in [-0.05, 0) is 0 Å². The number of nitriles is 1. The highest BCUT2D eigenvalue weighted by atomic mass is 32.2. The fraction of sp³-hybridized carbons (Fsp3) is 0.429. The van der Waals surface area contributed by atoms with E-state index in [4.69, 9.17) is 5.26 Å². The van der Waals surface area contributed by atoms with Gasteiger partial charge in [0.15, 0.2) is 0 Å².